The molecule has 0 amide bonds. The Morgan fingerprint density at radius 1 is 1.55 bits per heavy atom. The van der Waals surface area contributed by atoms with Crippen LogP contribution in [0.2, 0.25) is 0 Å². The molecule has 0 heteroatoms. The fourth-order valence-corrected chi connectivity index (χ4v) is 1.23. The summed E-state index contributed by atoms with van der Waals surface area (Å²) in [7, 11) is 0. The van der Waals surface area contributed by atoms with Crippen LogP contribution in [0, 0.1) is 24.2 Å². The van der Waals surface area contributed by atoms with Crippen molar-refractivity contribution in [3.05, 3.63) is 37.0 Å². The molecule has 0 nitrogen and oxygen atoms in total. The molecule has 0 fully saturated rings. The Kier molecular flexibility index (Phi) is 2.74. The lowest BCUT2D eigenvalue weighted by atomic mass is 9.91. The molecule has 0 N–H and O–H groups in total. The molecular weight excluding hydrogens is 132 g/mol. The van der Waals surface area contributed by atoms with Crippen molar-refractivity contribution in [3.63, 3.8) is 0 Å². The second kappa shape index (κ2) is 3.83. The van der Waals surface area contributed by atoms with E-state index in [4.69, 9.17) is 6.42 Å². The summed E-state index contributed by atoms with van der Waals surface area (Å²) < 4.78 is 0. The summed E-state index contributed by atoms with van der Waals surface area (Å²) in [5, 5.41) is 0. The Morgan fingerprint density at radius 2 is 2.18 bits per heavy atom. The van der Waals surface area contributed by atoms with Crippen molar-refractivity contribution in [2.24, 2.45) is 11.8 Å². The van der Waals surface area contributed by atoms with Crippen LogP contribution in [0.15, 0.2) is 37.0 Å². The quantitative estimate of drug-likeness (QED) is 0.422. The maximum atomic E-state index is 5.37. The first-order valence-corrected chi connectivity index (χ1v) is 3.80. The maximum Gasteiger partial charge on any atom is 0.0332 e. The highest BCUT2D eigenvalue weighted by Crippen LogP contribution is 2.21. The second-order valence-corrected chi connectivity index (χ2v) is 2.64. The molecule has 1 aliphatic rings. The Labute approximate surface area is 68.3 Å². The van der Waals surface area contributed by atoms with Gasteiger partial charge in [0.1, 0.15) is 0 Å². The molecular formula is C11H12. The van der Waals surface area contributed by atoms with E-state index in [-0.39, 0.29) is 0 Å². The molecule has 0 bridgehead atoms. The van der Waals surface area contributed by atoms with Crippen molar-refractivity contribution in [3.8, 4) is 12.3 Å². The molecule has 0 spiro atoms. The molecule has 1 rings (SSSR count). The van der Waals surface area contributed by atoms with Gasteiger partial charge < -0.3 is 0 Å². The summed E-state index contributed by atoms with van der Waals surface area (Å²) in [6, 6.07) is 0. The van der Waals surface area contributed by atoms with E-state index in [1.165, 1.54) is 0 Å². The first-order valence-electron chi connectivity index (χ1n) is 3.80. The van der Waals surface area contributed by atoms with Gasteiger partial charge in [0.05, 0.1) is 0 Å². The van der Waals surface area contributed by atoms with Crippen molar-refractivity contribution in [1.29, 1.82) is 0 Å². The Hall–Kier alpha value is -1.22. The minimum absolute atomic E-state index is 0.294. The van der Waals surface area contributed by atoms with Gasteiger partial charge in [-0.05, 0) is 6.42 Å². The van der Waals surface area contributed by atoms with Gasteiger partial charge >= 0.3 is 0 Å². The average molecular weight is 144 g/mol. The predicted molar refractivity (Wildman–Crippen MR) is 48.9 cm³/mol. The Morgan fingerprint density at radius 3 is 2.64 bits per heavy atom. The highest BCUT2D eigenvalue weighted by atomic mass is 14.2. The Bertz CT molecular complexity index is 213. The monoisotopic (exact) mass is 144 g/mol. The zero-order chi connectivity index (χ0) is 8.10. The molecule has 0 heterocycles. The van der Waals surface area contributed by atoms with E-state index >= 15 is 0 Å². The SMILES string of the molecule is C#CC(CC=C)C1C=CC=C1. The summed E-state index contributed by atoms with van der Waals surface area (Å²) in [6.45, 7) is 3.68. The van der Waals surface area contributed by atoms with Crippen LogP contribution >= 0.6 is 0 Å². The van der Waals surface area contributed by atoms with E-state index in [1.807, 2.05) is 18.2 Å². The minimum atomic E-state index is 0.294. The molecule has 1 aliphatic carbocycles. The van der Waals surface area contributed by atoms with Gasteiger partial charge in [-0.25, -0.2) is 0 Å². The van der Waals surface area contributed by atoms with E-state index in [0.717, 1.165) is 6.42 Å². The molecule has 0 saturated carbocycles. The van der Waals surface area contributed by atoms with Crippen molar-refractivity contribution < 1.29 is 0 Å². The largest absolute Gasteiger partial charge is 0.120 e. The third-order valence-electron chi connectivity index (χ3n) is 1.88. The summed E-state index contributed by atoms with van der Waals surface area (Å²) in [5.74, 6) is 3.49. The lowest BCUT2D eigenvalue weighted by Gasteiger charge is -2.11. The summed E-state index contributed by atoms with van der Waals surface area (Å²) >= 11 is 0. The van der Waals surface area contributed by atoms with Crippen LogP contribution in [0.3, 0.4) is 0 Å². The molecule has 0 aliphatic heterocycles. The van der Waals surface area contributed by atoms with E-state index in [0.29, 0.717) is 11.8 Å². The topological polar surface area (TPSA) is 0 Å². The zero-order valence-corrected chi connectivity index (χ0v) is 6.53. The summed E-state index contributed by atoms with van der Waals surface area (Å²) in [6.07, 6.45) is 16.5. The van der Waals surface area contributed by atoms with Crippen molar-refractivity contribution in [1.82, 2.24) is 0 Å². The molecule has 0 aromatic heterocycles. The van der Waals surface area contributed by atoms with Crippen LogP contribution in [0.4, 0.5) is 0 Å². The van der Waals surface area contributed by atoms with E-state index in [9.17, 15) is 0 Å². The van der Waals surface area contributed by atoms with Gasteiger partial charge in [0.2, 0.25) is 0 Å². The zero-order valence-electron chi connectivity index (χ0n) is 6.53. The first-order chi connectivity index (χ1) is 5.38. The van der Waals surface area contributed by atoms with Crippen LogP contribution in [-0.2, 0) is 0 Å². The van der Waals surface area contributed by atoms with Gasteiger partial charge in [0.15, 0.2) is 0 Å². The third-order valence-corrected chi connectivity index (χ3v) is 1.88. The number of hydrogen-bond donors (Lipinski definition) is 0. The number of rotatable bonds is 3. The fraction of sp³-hybridized carbons (Fsp3) is 0.273. The molecule has 0 radical (unpaired) electrons. The molecule has 56 valence electrons. The lowest BCUT2D eigenvalue weighted by Crippen LogP contribution is -2.05. The molecule has 11 heavy (non-hydrogen) atoms. The summed E-state index contributed by atoms with van der Waals surface area (Å²) in [5.41, 5.74) is 0. The highest BCUT2D eigenvalue weighted by molar-refractivity contribution is 5.22. The van der Waals surface area contributed by atoms with Crippen LogP contribution in [0.1, 0.15) is 6.42 Å². The second-order valence-electron chi connectivity index (χ2n) is 2.64. The van der Waals surface area contributed by atoms with Crippen molar-refractivity contribution in [2.75, 3.05) is 0 Å². The van der Waals surface area contributed by atoms with Gasteiger partial charge in [0.25, 0.3) is 0 Å². The van der Waals surface area contributed by atoms with Gasteiger partial charge in [-0.15, -0.1) is 18.9 Å². The van der Waals surface area contributed by atoms with E-state index < -0.39 is 0 Å². The highest BCUT2D eigenvalue weighted by Gasteiger charge is 2.13. The smallest absolute Gasteiger partial charge is 0.0332 e. The van der Waals surface area contributed by atoms with Crippen molar-refractivity contribution in [2.45, 2.75) is 6.42 Å². The van der Waals surface area contributed by atoms with Crippen LogP contribution in [-0.4, -0.2) is 0 Å². The third kappa shape index (κ3) is 1.85. The summed E-state index contributed by atoms with van der Waals surface area (Å²) in [4.78, 5) is 0. The van der Waals surface area contributed by atoms with Gasteiger partial charge in [-0.1, -0.05) is 30.4 Å². The standard InChI is InChI=1S/C11H12/c1-3-7-10(4-2)11-8-5-6-9-11/h2-3,5-6,8-11H,1,7H2. The Balaban J connectivity index is 2.56. The average Bonchev–Trinajstić information content (AvgIpc) is 2.52. The number of hydrogen-bond acceptors (Lipinski definition) is 0. The number of terminal acetylenes is 1. The van der Waals surface area contributed by atoms with E-state index in [1.54, 1.807) is 0 Å². The van der Waals surface area contributed by atoms with Crippen molar-refractivity contribution >= 4 is 0 Å². The van der Waals surface area contributed by atoms with Gasteiger partial charge in [-0.3, -0.25) is 0 Å². The molecule has 0 aromatic rings. The fourth-order valence-electron chi connectivity index (χ4n) is 1.23. The molecule has 0 saturated heterocycles. The lowest BCUT2D eigenvalue weighted by molar-refractivity contribution is 0.590. The van der Waals surface area contributed by atoms with Crippen LogP contribution in [0.25, 0.3) is 0 Å². The molecule has 1 unspecified atom stereocenters. The minimum Gasteiger partial charge on any atom is -0.120 e. The van der Waals surface area contributed by atoms with Gasteiger partial charge in [0, 0.05) is 11.8 Å². The predicted octanol–water partition coefficient (Wildman–Crippen LogP) is 2.55. The molecule has 0 aromatic carbocycles. The van der Waals surface area contributed by atoms with Crippen LogP contribution in [0.5, 0.6) is 0 Å². The maximum absolute atomic E-state index is 5.37. The van der Waals surface area contributed by atoms with Gasteiger partial charge in [-0.2, -0.15) is 0 Å². The van der Waals surface area contributed by atoms with E-state index in [2.05, 4.69) is 24.7 Å². The molecule has 1 atom stereocenters. The normalized spacial score (nSPS) is 18.1. The first kappa shape index (κ1) is 7.88. The van der Waals surface area contributed by atoms with Crippen LogP contribution < -0.4 is 0 Å². The number of allylic oxidation sites excluding steroid dienone is 5.